The third-order valence-electron chi connectivity index (χ3n) is 5.17. The molecule has 0 amide bonds. The fourth-order valence-corrected chi connectivity index (χ4v) is 3.76. The topological polar surface area (TPSA) is 20.3 Å². The molecule has 2 heteroatoms. The molecule has 4 rings (SSSR count). The Kier molecular flexibility index (Phi) is 6.09. The van der Waals surface area contributed by atoms with Crippen molar-refractivity contribution in [1.29, 1.82) is 0 Å². The van der Waals surface area contributed by atoms with Crippen molar-refractivity contribution in [3.63, 3.8) is 0 Å². The van der Waals surface area contributed by atoms with E-state index in [0.29, 0.717) is 5.56 Å². The van der Waals surface area contributed by atoms with E-state index in [9.17, 15) is 4.79 Å². The minimum Gasteiger partial charge on any atom is -0.311 e. The molecule has 4 aromatic rings. The number of benzene rings is 4. The van der Waals surface area contributed by atoms with E-state index in [0.717, 1.165) is 28.9 Å². The molecule has 0 saturated heterocycles. The van der Waals surface area contributed by atoms with E-state index in [-0.39, 0.29) is 0 Å². The summed E-state index contributed by atoms with van der Waals surface area (Å²) in [6.45, 7) is 4.25. The molecule has 0 spiro atoms. The van der Waals surface area contributed by atoms with Gasteiger partial charge in [-0.3, -0.25) is 4.79 Å². The first-order valence-electron chi connectivity index (χ1n) is 10.4. The third-order valence-corrected chi connectivity index (χ3v) is 5.17. The number of aldehydes is 1. The minimum atomic E-state index is 0.670. The van der Waals surface area contributed by atoms with Crippen LogP contribution < -0.4 is 4.90 Å². The first-order valence-corrected chi connectivity index (χ1v) is 10.4. The molecule has 0 aliphatic heterocycles. The maximum Gasteiger partial charge on any atom is 0.150 e. The second-order valence-corrected chi connectivity index (χ2v) is 7.73. The maximum atomic E-state index is 11.0. The molecule has 0 fully saturated rings. The Morgan fingerprint density at radius 1 is 0.548 bits per heavy atom. The summed E-state index contributed by atoms with van der Waals surface area (Å²) in [5, 5.41) is 0. The van der Waals surface area contributed by atoms with Crippen LogP contribution in [-0.4, -0.2) is 6.29 Å². The molecule has 0 aliphatic rings. The second kappa shape index (κ2) is 9.27. The average Bonchev–Trinajstić information content (AvgIpc) is 2.79. The average molecular weight is 404 g/mol. The van der Waals surface area contributed by atoms with Crippen molar-refractivity contribution in [2.24, 2.45) is 0 Å². The Labute approximate surface area is 184 Å². The molecule has 152 valence electrons. The van der Waals surface area contributed by atoms with Crippen LogP contribution in [0.3, 0.4) is 0 Å². The van der Waals surface area contributed by atoms with Crippen LogP contribution in [0, 0.1) is 13.8 Å². The molecule has 0 aliphatic carbocycles. The molecular formula is C29H25NO. The van der Waals surface area contributed by atoms with Gasteiger partial charge in [-0.1, -0.05) is 71.8 Å². The lowest BCUT2D eigenvalue weighted by atomic mass is 10.1. The van der Waals surface area contributed by atoms with Crippen LogP contribution in [0.15, 0.2) is 97.1 Å². The van der Waals surface area contributed by atoms with Gasteiger partial charge in [0.2, 0.25) is 0 Å². The summed E-state index contributed by atoms with van der Waals surface area (Å²) < 4.78 is 0. The minimum absolute atomic E-state index is 0.670. The fraction of sp³-hybridized carbons (Fsp3) is 0.0690. The smallest absolute Gasteiger partial charge is 0.150 e. The van der Waals surface area contributed by atoms with Crippen molar-refractivity contribution in [1.82, 2.24) is 0 Å². The van der Waals surface area contributed by atoms with Gasteiger partial charge in [0, 0.05) is 22.6 Å². The van der Waals surface area contributed by atoms with E-state index in [4.69, 9.17) is 0 Å². The van der Waals surface area contributed by atoms with Crippen LogP contribution in [0.25, 0.3) is 12.2 Å². The van der Waals surface area contributed by atoms with Crippen molar-refractivity contribution < 1.29 is 4.79 Å². The van der Waals surface area contributed by atoms with Crippen LogP contribution in [0.1, 0.15) is 32.6 Å². The van der Waals surface area contributed by atoms with E-state index in [1.54, 1.807) is 0 Å². The molecule has 0 saturated carbocycles. The van der Waals surface area contributed by atoms with Crippen LogP contribution in [-0.2, 0) is 0 Å². The van der Waals surface area contributed by atoms with E-state index < -0.39 is 0 Å². The van der Waals surface area contributed by atoms with E-state index in [1.165, 1.54) is 16.7 Å². The quantitative estimate of drug-likeness (QED) is 0.242. The van der Waals surface area contributed by atoms with E-state index >= 15 is 0 Å². The molecule has 0 N–H and O–H groups in total. The summed E-state index contributed by atoms with van der Waals surface area (Å²) in [7, 11) is 0. The van der Waals surface area contributed by atoms with Gasteiger partial charge in [-0.25, -0.2) is 0 Å². The molecule has 0 heterocycles. The maximum absolute atomic E-state index is 11.0. The third kappa shape index (κ3) is 4.99. The Bertz CT molecular complexity index is 1170. The zero-order valence-corrected chi connectivity index (χ0v) is 17.8. The largest absolute Gasteiger partial charge is 0.311 e. The zero-order chi connectivity index (χ0) is 21.6. The lowest BCUT2D eigenvalue weighted by Gasteiger charge is -2.25. The van der Waals surface area contributed by atoms with Gasteiger partial charge >= 0.3 is 0 Å². The SMILES string of the molecule is Cc1cc(C)cc(/C=C/c2ccc(N(c3ccccc3)c3ccc(C=O)cc3)cc2)c1. The highest BCUT2D eigenvalue weighted by atomic mass is 16.1. The first-order chi connectivity index (χ1) is 15.1. The summed E-state index contributed by atoms with van der Waals surface area (Å²) >= 11 is 0. The Balaban J connectivity index is 1.64. The number of aryl methyl sites for hydroxylation is 2. The number of rotatable bonds is 6. The lowest BCUT2D eigenvalue weighted by Crippen LogP contribution is -2.09. The molecular weight excluding hydrogens is 378 g/mol. The van der Waals surface area contributed by atoms with E-state index in [2.05, 4.69) is 85.5 Å². The lowest BCUT2D eigenvalue weighted by molar-refractivity contribution is 0.112. The highest BCUT2D eigenvalue weighted by molar-refractivity contribution is 5.81. The summed E-state index contributed by atoms with van der Waals surface area (Å²) in [5.74, 6) is 0. The Hall–Kier alpha value is -3.91. The molecule has 2 nitrogen and oxygen atoms in total. The zero-order valence-electron chi connectivity index (χ0n) is 17.8. The van der Waals surface area contributed by atoms with Gasteiger partial charge < -0.3 is 4.90 Å². The van der Waals surface area contributed by atoms with Crippen LogP contribution >= 0.6 is 0 Å². The van der Waals surface area contributed by atoms with Crippen molar-refractivity contribution in [3.05, 3.63) is 125 Å². The molecule has 31 heavy (non-hydrogen) atoms. The predicted molar refractivity (Wildman–Crippen MR) is 131 cm³/mol. The van der Waals surface area contributed by atoms with Crippen LogP contribution in [0.2, 0.25) is 0 Å². The number of carbonyl (C=O) groups is 1. The standard InChI is InChI=1S/C29H25NO/c1-22-18-23(2)20-26(19-22)9-8-24-10-14-28(15-11-24)30(27-6-4-3-5-7-27)29-16-12-25(21-31)13-17-29/h3-21H,1-2H3/b9-8+. The monoisotopic (exact) mass is 403 g/mol. The van der Waals surface area contributed by atoms with Crippen molar-refractivity contribution in [3.8, 4) is 0 Å². The molecule has 0 aromatic heterocycles. The fourth-order valence-electron chi connectivity index (χ4n) is 3.76. The molecule has 0 atom stereocenters. The number of hydrogen-bond donors (Lipinski definition) is 0. The summed E-state index contributed by atoms with van der Waals surface area (Å²) in [5.41, 5.74) is 8.71. The second-order valence-electron chi connectivity index (χ2n) is 7.73. The predicted octanol–water partition coefficient (Wildman–Crippen LogP) is 7.76. The van der Waals surface area contributed by atoms with Gasteiger partial charge in [-0.05, 0) is 73.5 Å². The van der Waals surface area contributed by atoms with Gasteiger partial charge in [-0.15, -0.1) is 0 Å². The van der Waals surface area contributed by atoms with Gasteiger partial charge in [0.1, 0.15) is 6.29 Å². The van der Waals surface area contributed by atoms with Crippen LogP contribution in [0.4, 0.5) is 17.1 Å². The van der Waals surface area contributed by atoms with Crippen LogP contribution in [0.5, 0.6) is 0 Å². The van der Waals surface area contributed by atoms with Gasteiger partial charge in [0.25, 0.3) is 0 Å². The number of nitrogens with zero attached hydrogens (tertiary/aromatic N) is 1. The Morgan fingerprint density at radius 2 is 1.03 bits per heavy atom. The van der Waals surface area contributed by atoms with Gasteiger partial charge in [0.15, 0.2) is 0 Å². The Morgan fingerprint density at radius 3 is 1.58 bits per heavy atom. The van der Waals surface area contributed by atoms with E-state index in [1.807, 2.05) is 42.5 Å². The highest BCUT2D eigenvalue weighted by Crippen LogP contribution is 2.34. The molecule has 0 radical (unpaired) electrons. The van der Waals surface area contributed by atoms with Gasteiger partial charge in [0.05, 0.1) is 0 Å². The summed E-state index contributed by atoms with van der Waals surface area (Å²) in [6, 6.07) is 33.0. The molecule has 4 aromatic carbocycles. The summed E-state index contributed by atoms with van der Waals surface area (Å²) in [4.78, 5) is 13.2. The highest BCUT2D eigenvalue weighted by Gasteiger charge is 2.11. The normalized spacial score (nSPS) is 10.9. The number of para-hydroxylation sites is 1. The first kappa shape index (κ1) is 20.4. The number of anilines is 3. The van der Waals surface area contributed by atoms with Crippen molar-refractivity contribution >= 4 is 35.5 Å². The summed E-state index contributed by atoms with van der Waals surface area (Å²) in [6.07, 6.45) is 5.17. The molecule has 0 unspecified atom stereocenters. The van der Waals surface area contributed by atoms with Crippen molar-refractivity contribution in [2.45, 2.75) is 13.8 Å². The number of hydrogen-bond acceptors (Lipinski definition) is 2. The number of carbonyl (C=O) groups excluding carboxylic acids is 1. The van der Waals surface area contributed by atoms with Gasteiger partial charge in [-0.2, -0.15) is 0 Å². The molecule has 0 bridgehead atoms. The van der Waals surface area contributed by atoms with Crippen molar-refractivity contribution in [2.75, 3.05) is 4.90 Å².